The summed E-state index contributed by atoms with van der Waals surface area (Å²) in [5, 5.41) is 0. The second-order valence-corrected chi connectivity index (χ2v) is 6.70. The third kappa shape index (κ3) is 8.03. The van der Waals surface area contributed by atoms with Gasteiger partial charge in [-0.15, -0.1) is 0 Å². The Bertz CT molecular complexity index is 246. The van der Waals surface area contributed by atoms with Crippen molar-refractivity contribution >= 4 is 28.6 Å². The molecule has 0 aliphatic heterocycles. The molecule has 0 aromatic rings. The van der Waals surface area contributed by atoms with E-state index in [4.69, 9.17) is 15.2 Å². The molecule has 0 spiro atoms. The minimum atomic E-state index is -1.06. The number of rotatable bonds is 7. The van der Waals surface area contributed by atoms with Gasteiger partial charge in [0.2, 0.25) is 0 Å². The van der Waals surface area contributed by atoms with E-state index in [1.54, 1.807) is 6.92 Å². The van der Waals surface area contributed by atoms with Gasteiger partial charge in [0.1, 0.15) is 0 Å². The summed E-state index contributed by atoms with van der Waals surface area (Å²) in [5.41, 5.74) is 5.40. The Balaban J connectivity index is 3.89. The van der Waals surface area contributed by atoms with Crippen molar-refractivity contribution in [1.29, 1.82) is 0 Å². The van der Waals surface area contributed by atoms with Crippen LogP contribution in [0.2, 0.25) is 0 Å². The van der Waals surface area contributed by atoms with Gasteiger partial charge in [-0.25, -0.2) is 0 Å². The molecule has 0 radical (unpaired) electrons. The number of nitrogens with two attached hydrogens (primary N) is 1. The number of ether oxygens (including phenoxy) is 2. The van der Waals surface area contributed by atoms with Crippen molar-refractivity contribution in [2.24, 2.45) is 5.73 Å². The van der Waals surface area contributed by atoms with E-state index in [1.165, 1.54) is 0 Å². The number of carbonyl (C=O) groups is 1. The van der Waals surface area contributed by atoms with Gasteiger partial charge >= 0.3 is 114 Å². The topological polar surface area (TPSA) is 61.5 Å². The van der Waals surface area contributed by atoms with E-state index in [9.17, 15) is 4.79 Å². The Labute approximate surface area is 114 Å². The van der Waals surface area contributed by atoms with Crippen molar-refractivity contribution in [2.45, 2.75) is 17.3 Å². The third-order valence-corrected chi connectivity index (χ3v) is 5.79. The maximum absolute atomic E-state index is 11.4. The van der Waals surface area contributed by atoms with Crippen molar-refractivity contribution in [2.75, 3.05) is 4.43 Å². The van der Waals surface area contributed by atoms with Crippen LogP contribution in [0.3, 0.4) is 0 Å². The number of hydrogen-bond acceptors (Lipinski definition) is 4. The summed E-state index contributed by atoms with van der Waals surface area (Å²) >= 11 is 1.90. The molecule has 88 valence electrons. The summed E-state index contributed by atoms with van der Waals surface area (Å²) in [5.74, 6) is 0.0599. The van der Waals surface area contributed by atoms with Gasteiger partial charge in [-0.3, -0.25) is 0 Å². The zero-order valence-electron chi connectivity index (χ0n) is 8.41. The fraction of sp³-hybridized carbons (Fsp3) is 0.444. The van der Waals surface area contributed by atoms with Crippen LogP contribution in [0.1, 0.15) is 6.92 Å². The number of carbonyl (C=O) groups excluding carboxylic acids is 1. The van der Waals surface area contributed by atoms with E-state index in [0.717, 1.165) is 4.43 Å². The fourth-order valence-corrected chi connectivity index (χ4v) is 3.22. The monoisotopic (exact) mass is 438 g/mol. The van der Waals surface area contributed by atoms with Gasteiger partial charge in [0.25, 0.3) is 0 Å². The zero-order valence-corrected chi connectivity index (χ0v) is 12.7. The van der Waals surface area contributed by atoms with Crippen LogP contribution in [0, 0.1) is 0 Å². The summed E-state index contributed by atoms with van der Waals surface area (Å²) in [7, 11) is 0. The van der Waals surface area contributed by atoms with E-state index in [0.29, 0.717) is 5.76 Å². The molecule has 0 heterocycles. The summed E-state index contributed by atoms with van der Waals surface area (Å²) in [6.45, 7) is 8.76. The van der Waals surface area contributed by atoms with Crippen molar-refractivity contribution in [3.05, 3.63) is 23.0 Å². The Morgan fingerprint density at radius 2 is 2.27 bits per heavy atom. The van der Waals surface area contributed by atoms with Crippen LogP contribution < -0.4 is 26.9 Å². The van der Waals surface area contributed by atoms with Gasteiger partial charge in [-0.2, -0.15) is 0 Å². The van der Waals surface area contributed by atoms with Gasteiger partial charge in [0.15, 0.2) is 0 Å². The SMILES string of the molecule is C=C[I-]CC(I)C(=O)O[C@@H](N)OC(=C)C. The molecule has 6 heteroatoms. The number of esters is 1. The van der Waals surface area contributed by atoms with E-state index in [-0.39, 0.29) is 31.1 Å². The van der Waals surface area contributed by atoms with Gasteiger partial charge < -0.3 is 0 Å². The molecule has 2 atom stereocenters. The first-order chi connectivity index (χ1) is 6.97. The van der Waals surface area contributed by atoms with E-state index >= 15 is 0 Å². The van der Waals surface area contributed by atoms with Gasteiger partial charge in [0.05, 0.1) is 0 Å². The first-order valence-electron chi connectivity index (χ1n) is 4.08. The molecule has 0 aliphatic carbocycles. The molecule has 0 amide bonds. The predicted molar refractivity (Wildman–Crippen MR) is 62.8 cm³/mol. The van der Waals surface area contributed by atoms with Gasteiger partial charge in [0, 0.05) is 0 Å². The molecular formula is C9H14I2NO3-. The molecule has 0 bridgehead atoms. The van der Waals surface area contributed by atoms with Crippen molar-refractivity contribution in [3.63, 3.8) is 0 Å². The molecule has 0 saturated heterocycles. The van der Waals surface area contributed by atoms with Crippen LogP contribution in [0.15, 0.2) is 23.0 Å². The number of hydrogen-bond donors (Lipinski definition) is 1. The van der Waals surface area contributed by atoms with Crippen LogP contribution in [0.4, 0.5) is 0 Å². The molecule has 2 N–H and O–H groups in total. The van der Waals surface area contributed by atoms with E-state index in [2.05, 4.69) is 13.2 Å². The van der Waals surface area contributed by atoms with Crippen LogP contribution >= 0.6 is 22.6 Å². The van der Waals surface area contributed by atoms with Crippen LogP contribution in [0.5, 0.6) is 0 Å². The molecule has 0 aromatic carbocycles. The molecule has 1 unspecified atom stereocenters. The molecule has 4 nitrogen and oxygen atoms in total. The Morgan fingerprint density at radius 3 is 2.73 bits per heavy atom. The van der Waals surface area contributed by atoms with Gasteiger partial charge in [-0.05, 0) is 0 Å². The summed E-state index contributed by atoms with van der Waals surface area (Å²) in [6, 6.07) is 0. The van der Waals surface area contributed by atoms with E-state index < -0.39 is 6.41 Å². The second-order valence-electron chi connectivity index (χ2n) is 2.56. The molecule has 0 saturated carbocycles. The third-order valence-electron chi connectivity index (χ3n) is 1.14. The number of allylic oxidation sites excluding steroid dienone is 1. The number of halogens is 2. The first kappa shape index (κ1) is 15.2. The fourth-order valence-electron chi connectivity index (χ4n) is 0.615. The van der Waals surface area contributed by atoms with Crippen molar-refractivity contribution in [3.8, 4) is 0 Å². The molecule has 0 aliphatic rings. The van der Waals surface area contributed by atoms with Crippen molar-refractivity contribution < 1.29 is 35.5 Å². The predicted octanol–water partition coefficient (Wildman–Crippen LogP) is -1.64. The summed E-state index contributed by atoms with van der Waals surface area (Å²) in [4.78, 5) is 11.4. The van der Waals surface area contributed by atoms with Gasteiger partial charge in [-0.1, -0.05) is 0 Å². The summed E-state index contributed by atoms with van der Waals surface area (Å²) in [6.07, 6.45) is -1.06. The molecule has 0 aromatic heterocycles. The normalized spacial score (nSPS) is 14.1. The maximum atomic E-state index is 11.4. The first-order valence-corrected chi connectivity index (χ1v) is 8.10. The molecular weight excluding hydrogens is 424 g/mol. The average Bonchev–Trinajstić information content (AvgIpc) is 2.12. The van der Waals surface area contributed by atoms with Crippen LogP contribution in [-0.2, 0) is 14.3 Å². The van der Waals surface area contributed by atoms with Crippen molar-refractivity contribution in [1.82, 2.24) is 0 Å². The minimum absolute atomic E-state index is 0.133. The van der Waals surface area contributed by atoms with E-state index in [1.807, 2.05) is 26.7 Å². The average molecular weight is 438 g/mol. The summed E-state index contributed by atoms with van der Waals surface area (Å²) < 4.78 is 12.2. The Hall–Kier alpha value is 0.170. The second kappa shape index (κ2) is 8.34. The Morgan fingerprint density at radius 1 is 1.67 bits per heavy atom. The molecule has 15 heavy (non-hydrogen) atoms. The molecule has 0 rings (SSSR count). The number of alkyl halides is 2. The van der Waals surface area contributed by atoms with Crippen LogP contribution in [0.25, 0.3) is 0 Å². The standard InChI is InChI=1S/C9H14I2NO3/c1-4-11-5-7(10)8(13)15-9(12)14-6(2)3/h4,7,9H,1-2,5,12H2,3H3/q-1/t7?,9-/m0/s1. The van der Waals surface area contributed by atoms with Crippen LogP contribution in [-0.4, -0.2) is 20.7 Å². The molecule has 0 fully saturated rings. The quantitative estimate of drug-likeness (QED) is 0.171. The Kier molecular flexibility index (Phi) is 8.43. The zero-order chi connectivity index (χ0) is 11.8.